The van der Waals surface area contributed by atoms with Crippen molar-refractivity contribution in [3.63, 3.8) is 0 Å². The average molecular weight is 485 g/mol. The molecule has 2 aromatic rings. The number of hydrogen-bond acceptors (Lipinski definition) is 6. The Labute approximate surface area is 204 Å². The Kier molecular flexibility index (Phi) is 8.42. The molecule has 3 amide bonds. The van der Waals surface area contributed by atoms with E-state index >= 15 is 0 Å². The molecular formula is C24H28N4O5S. The van der Waals surface area contributed by atoms with E-state index < -0.39 is 6.04 Å². The third-order valence-electron chi connectivity index (χ3n) is 5.18. The highest BCUT2D eigenvalue weighted by Crippen LogP contribution is 2.29. The van der Waals surface area contributed by atoms with Crippen molar-refractivity contribution in [2.24, 2.45) is 0 Å². The number of hydrogen-bond donors (Lipinski definition) is 2. The molecule has 1 aliphatic rings. The zero-order chi connectivity index (χ0) is 24.7. The molecule has 0 unspecified atom stereocenters. The molecule has 1 atom stereocenters. The first kappa shape index (κ1) is 25.0. The zero-order valence-electron chi connectivity index (χ0n) is 19.4. The number of carbonyl (C=O) groups is 3. The van der Waals surface area contributed by atoms with Gasteiger partial charge >= 0.3 is 0 Å². The number of benzene rings is 2. The van der Waals surface area contributed by atoms with Crippen LogP contribution in [0.5, 0.6) is 11.5 Å². The van der Waals surface area contributed by atoms with Gasteiger partial charge in [0, 0.05) is 31.8 Å². The Bertz CT molecular complexity index is 1060. The number of carbonyl (C=O) groups excluding carboxylic acids is 3. The molecule has 10 heteroatoms. The van der Waals surface area contributed by atoms with Crippen LogP contribution in [-0.2, 0) is 14.4 Å². The molecule has 1 heterocycles. The van der Waals surface area contributed by atoms with Crippen molar-refractivity contribution in [2.45, 2.75) is 26.3 Å². The van der Waals surface area contributed by atoms with Gasteiger partial charge in [0.25, 0.3) is 5.91 Å². The van der Waals surface area contributed by atoms with Gasteiger partial charge in [0.05, 0.1) is 25.8 Å². The van der Waals surface area contributed by atoms with E-state index in [0.29, 0.717) is 29.5 Å². The SMILES string of the molecule is CCOc1ccc(NC(=O)C[C@H]2C(=O)N(c3cccc(OC)c3)C(=S)N2CCNC(C)=O)cc1. The van der Waals surface area contributed by atoms with E-state index in [2.05, 4.69) is 10.6 Å². The van der Waals surface area contributed by atoms with Crippen LogP contribution in [0.1, 0.15) is 20.3 Å². The molecule has 2 N–H and O–H groups in total. The fourth-order valence-corrected chi connectivity index (χ4v) is 4.03. The maximum absolute atomic E-state index is 13.4. The van der Waals surface area contributed by atoms with Gasteiger partial charge in [-0.2, -0.15) is 0 Å². The molecule has 0 aromatic heterocycles. The monoisotopic (exact) mass is 484 g/mol. The van der Waals surface area contributed by atoms with E-state index in [1.807, 2.05) is 6.92 Å². The molecule has 0 spiro atoms. The Morgan fingerprint density at radius 1 is 1.12 bits per heavy atom. The van der Waals surface area contributed by atoms with E-state index in [-0.39, 0.29) is 42.3 Å². The lowest BCUT2D eigenvalue weighted by molar-refractivity contribution is -0.124. The molecular weight excluding hydrogens is 456 g/mol. The summed E-state index contributed by atoms with van der Waals surface area (Å²) in [6.45, 7) is 4.42. The van der Waals surface area contributed by atoms with Crippen molar-refractivity contribution in [3.8, 4) is 11.5 Å². The molecule has 0 bridgehead atoms. The maximum atomic E-state index is 13.4. The average Bonchev–Trinajstić information content (AvgIpc) is 3.04. The number of methoxy groups -OCH3 is 1. The molecule has 0 saturated carbocycles. The summed E-state index contributed by atoms with van der Waals surface area (Å²) in [7, 11) is 1.54. The quantitative estimate of drug-likeness (QED) is 0.500. The highest BCUT2D eigenvalue weighted by molar-refractivity contribution is 7.80. The zero-order valence-corrected chi connectivity index (χ0v) is 20.2. The van der Waals surface area contributed by atoms with Gasteiger partial charge in [-0.3, -0.25) is 19.3 Å². The summed E-state index contributed by atoms with van der Waals surface area (Å²) in [5.74, 6) is 0.445. The maximum Gasteiger partial charge on any atom is 0.256 e. The number of rotatable bonds is 10. The molecule has 34 heavy (non-hydrogen) atoms. The second-order valence-corrected chi connectivity index (χ2v) is 7.92. The van der Waals surface area contributed by atoms with Gasteiger partial charge in [0.2, 0.25) is 11.8 Å². The van der Waals surface area contributed by atoms with Crippen LogP contribution in [0, 0.1) is 0 Å². The van der Waals surface area contributed by atoms with Gasteiger partial charge in [-0.15, -0.1) is 0 Å². The molecule has 0 radical (unpaired) electrons. The van der Waals surface area contributed by atoms with E-state index in [0.717, 1.165) is 0 Å². The summed E-state index contributed by atoms with van der Waals surface area (Å²) < 4.78 is 10.7. The fourth-order valence-electron chi connectivity index (χ4n) is 3.62. The van der Waals surface area contributed by atoms with E-state index in [1.54, 1.807) is 53.4 Å². The van der Waals surface area contributed by atoms with Crippen LogP contribution in [0.25, 0.3) is 0 Å². The molecule has 0 aliphatic carbocycles. The summed E-state index contributed by atoms with van der Waals surface area (Å²) in [5.41, 5.74) is 1.14. The smallest absolute Gasteiger partial charge is 0.256 e. The number of amides is 3. The van der Waals surface area contributed by atoms with Crippen LogP contribution in [0.2, 0.25) is 0 Å². The summed E-state index contributed by atoms with van der Waals surface area (Å²) in [6.07, 6.45) is -0.104. The number of nitrogens with one attached hydrogen (secondary N) is 2. The summed E-state index contributed by atoms with van der Waals surface area (Å²) >= 11 is 5.61. The third kappa shape index (κ3) is 6.02. The molecule has 3 rings (SSSR count). The van der Waals surface area contributed by atoms with Crippen molar-refractivity contribution in [2.75, 3.05) is 37.0 Å². The Balaban J connectivity index is 1.78. The molecule has 2 aromatic carbocycles. The first-order chi connectivity index (χ1) is 16.3. The number of ether oxygens (including phenoxy) is 2. The molecule has 180 valence electrons. The predicted octanol–water partition coefficient (Wildman–Crippen LogP) is 2.56. The van der Waals surface area contributed by atoms with Crippen LogP contribution < -0.4 is 25.0 Å². The van der Waals surface area contributed by atoms with Gasteiger partial charge in [0.1, 0.15) is 17.5 Å². The second kappa shape index (κ2) is 11.5. The molecule has 9 nitrogen and oxygen atoms in total. The summed E-state index contributed by atoms with van der Waals surface area (Å²) in [5, 5.41) is 5.79. The van der Waals surface area contributed by atoms with E-state index in [4.69, 9.17) is 21.7 Å². The van der Waals surface area contributed by atoms with Crippen LogP contribution in [-0.4, -0.2) is 60.6 Å². The summed E-state index contributed by atoms with van der Waals surface area (Å²) in [4.78, 5) is 40.6. The Hall–Kier alpha value is -3.66. The molecule has 1 fully saturated rings. The van der Waals surface area contributed by atoms with Crippen molar-refractivity contribution in [1.82, 2.24) is 10.2 Å². The highest BCUT2D eigenvalue weighted by atomic mass is 32.1. The van der Waals surface area contributed by atoms with Crippen molar-refractivity contribution < 1.29 is 23.9 Å². The lowest BCUT2D eigenvalue weighted by Crippen LogP contribution is -2.42. The van der Waals surface area contributed by atoms with Gasteiger partial charge in [-0.25, -0.2) is 0 Å². The summed E-state index contributed by atoms with van der Waals surface area (Å²) in [6, 6.07) is 13.2. The minimum Gasteiger partial charge on any atom is -0.497 e. The minimum absolute atomic E-state index is 0.104. The number of thiocarbonyl (C=S) groups is 1. The topological polar surface area (TPSA) is 100 Å². The predicted molar refractivity (Wildman–Crippen MR) is 133 cm³/mol. The fraction of sp³-hybridized carbons (Fsp3) is 0.333. The van der Waals surface area contributed by atoms with Crippen molar-refractivity contribution in [3.05, 3.63) is 48.5 Å². The van der Waals surface area contributed by atoms with E-state index in [9.17, 15) is 14.4 Å². The van der Waals surface area contributed by atoms with E-state index in [1.165, 1.54) is 18.9 Å². The molecule has 1 aliphatic heterocycles. The lowest BCUT2D eigenvalue weighted by atomic mass is 10.1. The normalized spacial score (nSPS) is 15.3. The van der Waals surface area contributed by atoms with Crippen LogP contribution in [0.4, 0.5) is 11.4 Å². The second-order valence-electron chi connectivity index (χ2n) is 7.56. The standard InChI is InChI=1S/C24H28N4O5S/c1-4-33-19-10-8-17(9-11-19)26-22(30)15-21-23(31)28(18-6-5-7-20(14-18)32-3)24(34)27(21)13-12-25-16(2)29/h5-11,14,21H,4,12-13,15H2,1-3H3,(H,25,29)(H,26,30)/t21-/m0/s1. The molecule has 1 saturated heterocycles. The first-order valence-corrected chi connectivity index (χ1v) is 11.3. The van der Waals surface area contributed by atoms with Crippen molar-refractivity contribution >= 4 is 46.4 Å². The minimum atomic E-state index is -0.810. The Morgan fingerprint density at radius 2 is 1.85 bits per heavy atom. The largest absolute Gasteiger partial charge is 0.497 e. The third-order valence-corrected chi connectivity index (χ3v) is 5.60. The Morgan fingerprint density at radius 3 is 2.50 bits per heavy atom. The van der Waals surface area contributed by atoms with Crippen LogP contribution >= 0.6 is 12.2 Å². The van der Waals surface area contributed by atoms with Crippen LogP contribution in [0.3, 0.4) is 0 Å². The van der Waals surface area contributed by atoms with Gasteiger partial charge in [0.15, 0.2) is 5.11 Å². The van der Waals surface area contributed by atoms with Crippen LogP contribution in [0.15, 0.2) is 48.5 Å². The van der Waals surface area contributed by atoms with Crippen molar-refractivity contribution in [1.29, 1.82) is 0 Å². The highest BCUT2D eigenvalue weighted by Gasteiger charge is 2.44. The number of nitrogens with zero attached hydrogens (tertiary/aromatic N) is 2. The van der Waals surface area contributed by atoms with Gasteiger partial charge in [-0.1, -0.05) is 6.07 Å². The van der Waals surface area contributed by atoms with Gasteiger partial charge in [-0.05, 0) is 55.5 Å². The van der Waals surface area contributed by atoms with Gasteiger partial charge < -0.3 is 25.0 Å². The number of anilines is 2. The first-order valence-electron chi connectivity index (χ1n) is 10.9. The lowest BCUT2D eigenvalue weighted by Gasteiger charge is -2.24.